The number of rotatable bonds is 7. The molecule has 1 heterocycles. The van der Waals surface area contributed by atoms with Crippen molar-refractivity contribution in [2.24, 2.45) is 0 Å². The Kier molecular flexibility index (Phi) is 6.54. The molecular formula is C20H23ClN2O5S. The minimum atomic E-state index is -3.24. The Bertz CT molecular complexity index is 993. The van der Waals surface area contributed by atoms with Crippen molar-refractivity contribution in [3.8, 4) is 11.5 Å². The van der Waals surface area contributed by atoms with Gasteiger partial charge in [-0.25, -0.2) is 8.42 Å². The first-order chi connectivity index (χ1) is 13.9. The first kappa shape index (κ1) is 21.3. The van der Waals surface area contributed by atoms with Gasteiger partial charge in [0.05, 0.1) is 30.2 Å². The van der Waals surface area contributed by atoms with E-state index in [1.165, 1.54) is 17.5 Å². The van der Waals surface area contributed by atoms with Crippen LogP contribution < -0.4 is 19.1 Å². The number of carbonyl (C=O) groups excluding carboxylic acids is 1. The topological polar surface area (TPSA) is 84.9 Å². The van der Waals surface area contributed by atoms with Crippen molar-refractivity contribution in [3.63, 3.8) is 0 Å². The lowest BCUT2D eigenvalue weighted by Crippen LogP contribution is -2.25. The third kappa shape index (κ3) is 4.76. The van der Waals surface area contributed by atoms with Crippen molar-refractivity contribution in [1.29, 1.82) is 0 Å². The number of hydrogen-bond acceptors (Lipinski definition) is 5. The van der Waals surface area contributed by atoms with Crippen LogP contribution in [0, 0.1) is 0 Å². The first-order valence-corrected chi connectivity index (χ1v) is 11.3. The zero-order chi connectivity index (χ0) is 21.0. The van der Waals surface area contributed by atoms with Gasteiger partial charge >= 0.3 is 0 Å². The van der Waals surface area contributed by atoms with E-state index in [0.29, 0.717) is 48.0 Å². The van der Waals surface area contributed by atoms with Gasteiger partial charge in [0.25, 0.3) is 5.91 Å². The maximum Gasteiger partial charge on any atom is 0.255 e. The standard InChI is InChI=1S/C20H23ClN2O5S/c1-3-10-28-19-17(21)12-14(13-18(19)27-2)20(24)22-15-5-7-16(8-6-15)23-9-4-11-29(23,25)26/h5-8,12-13H,3-4,9-11H2,1-2H3,(H,22,24). The van der Waals surface area contributed by atoms with Crippen LogP contribution in [0.1, 0.15) is 30.1 Å². The van der Waals surface area contributed by atoms with Gasteiger partial charge in [0, 0.05) is 17.8 Å². The molecule has 0 saturated carbocycles. The van der Waals surface area contributed by atoms with Crippen LogP contribution in [0.3, 0.4) is 0 Å². The van der Waals surface area contributed by atoms with Gasteiger partial charge in [-0.2, -0.15) is 0 Å². The van der Waals surface area contributed by atoms with Crippen molar-refractivity contribution in [3.05, 3.63) is 47.0 Å². The third-order valence-corrected chi connectivity index (χ3v) is 6.60. The summed E-state index contributed by atoms with van der Waals surface area (Å²) in [5, 5.41) is 3.07. The molecular weight excluding hydrogens is 416 g/mol. The average Bonchev–Trinajstić information content (AvgIpc) is 3.06. The molecule has 1 aliphatic heterocycles. The highest BCUT2D eigenvalue weighted by molar-refractivity contribution is 7.93. The van der Waals surface area contributed by atoms with Crippen LogP contribution in [0.4, 0.5) is 11.4 Å². The fraction of sp³-hybridized carbons (Fsp3) is 0.350. The highest BCUT2D eigenvalue weighted by Crippen LogP contribution is 2.36. The second kappa shape index (κ2) is 8.92. The summed E-state index contributed by atoms with van der Waals surface area (Å²) >= 11 is 6.27. The Morgan fingerprint density at radius 2 is 1.97 bits per heavy atom. The smallest absolute Gasteiger partial charge is 0.255 e. The molecule has 1 N–H and O–H groups in total. The summed E-state index contributed by atoms with van der Waals surface area (Å²) in [5.41, 5.74) is 1.45. The van der Waals surface area contributed by atoms with Crippen LogP contribution in [0.5, 0.6) is 11.5 Å². The molecule has 1 saturated heterocycles. The Morgan fingerprint density at radius 3 is 2.55 bits per heavy atom. The number of nitrogens with zero attached hydrogens (tertiary/aromatic N) is 1. The average molecular weight is 439 g/mol. The van der Waals surface area contributed by atoms with Crippen LogP contribution in [-0.4, -0.2) is 40.3 Å². The highest BCUT2D eigenvalue weighted by atomic mass is 35.5. The third-order valence-electron chi connectivity index (χ3n) is 4.45. The molecule has 1 amide bonds. The normalized spacial score (nSPS) is 15.2. The lowest BCUT2D eigenvalue weighted by molar-refractivity contribution is 0.102. The summed E-state index contributed by atoms with van der Waals surface area (Å²) < 4.78 is 36.3. The largest absolute Gasteiger partial charge is 0.493 e. The van der Waals surface area contributed by atoms with E-state index in [2.05, 4.69) is 5.32 Å². The van der Waals surface area contributed by atoms with Gasteiger partial charge in [0.15, 0.2) is 11.5 Å². The summed E-state index contributed by atoms with van der Waals surface area (Å²) in [7, 11) is -1.75. The van der Waals surface area contributed by atoms with Gasteiger partial charge < -0.3 is 14.8 Å². The number of halogens is 1. The van der Waals surface area contributed by atoms with Crippen molar-refractivity contribution in [2.75, 3.05) is 35.6 Å². The molecule has 2 aromatic carbocycles. The summed E-state index contributed by atoms with van der Waals surface area (Å²) in [6.07, 6.45) is 1.43. The number of methoxy groups -OCH3 is 1. The fourth-order valence-corrected chi connectivity index (χ4v) is 4.87. The molecule has 0 aromatic heterocycles. The minimum Gasteiger partial charge on any atom is -0.493 e. The van der Waals surface area contributed by atoms with E-state index >= 15 is 0 Å². The molecule has 1 fully saturated rings. The van der Waals surface area contributed by atoms with Gasteiger partial charge in [-0.3, -0.25) is 9.10 Å². The first-order valence-electron chi connectivity index (χ1n) is 9.28. The molecule has 156 valence electrons. The van der Waals surface area contributed by atoms with E-state index in [4.69, 9.17) is 21.1 Å². The van der Waals surface area contributed by atoms with Crippen molar-refractivity contribution >= 4 is 38.9 Å². The van der Waals surface area contributed by atoms with Gasteiger partial charge in [-0.1, -0.05) is 18.5 Å². The number of anilines is 2. The SMILES string of the molecule is CCCOc1c(Cl)cc(C(=O)Nc2ccc(N3CCCS3(=O)=O)cc2)cc1OC. The Hall–Kier alpha value is -2.45. The second-order valence-electron chi connectivity index (χ2n) is 6.58. The van der Waals surface area contributed by atoms with Crippen LogP contribution in [0.15, 0.2) is 36.4 Å². The quantitative estimate of drug-likeness (QED) is 0.707. The molecule has 7 nitrogen and oxygen atoms in total. The lowest BCUT2D eigenvalue weighted by Gasteiger charge is -2.17. The monoisotopic (exact) mass is 438 g/mol. The molecule has 0 spiro atoms. The fourth-order valence-electron chi connectivity index (χ4n) is 3.04. The predicted octanol–water partition coefficient (Wildman–Crippen LogP) is 3.93. The van der Waals surface area contributed by atoms with Crippen molar-refractivity contribution in [2.45, 2.75) is 19.8 Å². The number of ether oxygens (including phenoxy) is 2. The van der Waals surface area contributed by atoms with Gasteiger partial charge in [0.1, 0.15) is 0 Å². The van der Waals surface area contributed by atoms with Crippen LogP contribution in [0.2, 0.25) is 5.02 Å². The maximum absolute atomic E-state index is 12.6. The Balaban J connectivity index is 1.75. The van der Waals surface area contributed by atoms with E-state index < -0.39 is 10.0 Å². The number of nitrogens with one attached hydrogen (secondary N) is 1. The number of benzene rings is 2. The van der Waals surface area contributed by atoms with Gasteiger partial charge in [-0.05, 0) is 49.2 Å². The van der Waals surface area contributed by atoms with Gasteiger partial charge in [-0.15, -0.1) is 0 Å². The summed E-state index contributed by atoms with van der Waals surface area (Å²) in [4.78, 5) is 12.6. The van der Waals surface area contributed by atoms with Crippen molar-refractivity contribution < 1.29 is 22.7 Å². The zero-order valence-corrected chi connectivity index (χ0v) is 17.8. The summed E-state index contributed by atoms with van der Waals surface area (Å²) in [5.74, 6) is 0.578. The molecule has 1 aliphatic rings. The van der Waals surface area contributed by atoms with E-state index in [1.54, 1.807) is 30.3 Å². The molecule has 0 aliphatic carbocycles. The molecule has 0 bridgehead atoms. The molecule has 0 radical (unpaired) electrons. The number of carbonyl (C=O) groups is 1. The minimum absolute atomic E-state index is 0.159. The van der Waals surface area contributed by atoms with E-state index in [1.807, 2.05) is 6.92 Å². The molecule has 29 heavy (non-hydrogen) atoms. The number of hydrogen-bond donors (Lipinski definition) is 1. The van der Waals surface area contributed by atoms with E-state index in [-0.39, 0.29) is 16.7 Å². The Labute approximate surface area is 175 Å². The summed E-state index contributed by atoms with van der Waals surface area (Å²) in [6.45, 7) is 2.94. The summed E-state index contributed by atoms with van der Waals surface area (Å²) in [6, 6.07) is 9.77. The van der Waals surface area contributed by atoms with Crippen LogP contribution >= 0.6 is 11.6 Å². The number of sulfonamides is 1. The Morgan fingerprint density at radius 1 is 1.24 bits per heavy atom. The maximum atomic E-state index is 12.6. The van der Waals surface area contributed by atoms with Crippen LogP contribution in [-0.2, 0) is 10.0 Å². The van der Waals surface area contributed by atoms with E-state index in [0.717, 1.165) is 6.42 Å². The molecule has 9 heteroatoms. The molecule has 2 aromatic rings. The second-order valence-corrected chi connectivity index (χ2v) is 9.00. The predicted molar refractivity (Wildman–Crippen MR) is 114 cm³/mol. The van der Waals surface area contributed by atoms with Gasteiger partial charge in [0.2, 0.25) is 10.0 Å². The van der Waals surface area contributed by atoms with Crippen LogP contribution in [0.25, 0.3) is 0 Å². The lowest BCUT2D eigenvalue weighted by atomic mass is 10.1. The zero-order valence-electron chi connectivity index (χ0n) is 16.3. The number of amides is 1. The molecule has 3 rings (SSSR count). The van der Waals surface area contributed by atoms with E-state index in [9.17, 15) is 13.2 Å². The van der Waals surface area contributed by atoms with Crippen molar-refractivity contribution in [1.82, 2.24) is 0 Å². The highest BCUT2D eigenvalue weighted by Gasteiger charge is 2.28. The molecule has 0 atom stereocenters. The molecule has 0 unspecified atom stereocenters.